The van der Waals surface area contributed by atoms with Gasteiger partial charge in [-0.25, -0.2) is 18.3 Å². The van der Waals surface area contributed by atoms with Gasteiger partial charge in [-0.2, -0.15) is 10.2 Å². The van der Waals surface area contributed by atoms with E-state index in [9.17, 15) is 13.6 Å². The number of aromatic nitrogens is 5. The molecular weight excluding hydrogens is 426 g/mol. The SMILES string of the molecule is O=C(Nc1cnn(Cc2cccc(Cl)c2)c1)c1cc2nc(C3CC3)cc(C(F)F)n2n1. The maximum Gasteiger partial charge on any atom is 0.280 e. The Labute approximate surface area is 180 Å². The first kappa shape index (κ1) is 19.6. The molecule has 1 saturated carbocycles. The van der Waals surface area contributed by atoms with Crippen LogP contribution >= 0.6 is 11.6 Å². The molecule has 3 aromatic heterocycles. The van der Waals surface area contributed by atoms with Crippen LogP contribution in [0.15, 0.2) is 48.8 Å². The van der Waals surface area contributed by atoms with E-state index in [0.29, 0.717) is 22.9 Å². The second kappa shape index (κ2) is 7.73. The molecule has 1 amide bonds. The number of hydrogen-bond donors (Lipinski definition) is 1. The molecule has 0 bridgehead atoms. The maximum atomic E-state index is 13.5. The van der Waals surface area contributed by atoms with Crippen molar-refractivity contribution >= 4 is 28.8 Å². The van der Waals surface area contributed by atoms with Gasteiger partial charge in [0, 0.05) is 28.9 Å². The lowest BCUT2D eigenvalue weighted by atomic mass is 10.2. The fraction of sp³-hybridized carbons (Fsp3) is 0.238. The summed E-state index contributed by atoms with van der Waals surface area (Å²) in [6, 6.07) is 10.2. The predicted octanol–water partition coefficient (Wildman–Crippen LogP) is 4.69. The molecule has 1 aliphatic rings. The second-order valence-electron chi connectivity index (χ2n) is 7.49. The van der Waals surface area contributed by atoms with Crippen molar-refractivity contribution in [1.82, 2.24) is 24.4 Å². The molecule has 0 aliphatic heterocycles. The first-order chi connectivity index (χ1) is 15.0. The highest BCUT2D eigenvalue weighted by molar-refractivity contribution is 6.30. The van der Waals surface area contributed by atoms with Crippen molar-refractivity contribution in [2.45, 2.75) is 31.7 Å². The topological polar surface area (TPSA) is 77.1 Å². The molecule has 1 aliphatic carbocycles. The molecule has 4 aromatic rings. The summed E-state index contributed by atoms with van der Waals surface area (Å²) in [4.78, 5) is 17.1. The van der Waals surface area contributed by atoms with Crippen molar-refractivity contribution in [2.24, 2.45) is 0 Å². The van der Waals surface area contributed by atoms with Gasteiger partial charge in [-0.3, -0.25) is 9.48 Å². The third-order valence-corrected chi connectivity index (χ3v) is 5.29. The number of hydrogen-bond acceptors (Lipinski definition) is 4. The van der Waals surface area contributed by atoms with Gasteiger partial charge in [-0.15, -0.1) is 0 Å². The van der Waals surface area contributed by atoms with Crippen LogP contribution in [0.25, 0.3) is 5.65 Å². The monoisotopic (exact) mass is 442 g/mol. The van der Waals surface area contributed by atoms with Crippen LogP contribution in [0.3, 0.4) is 0 Å². The zero-order valence-corrected chi connectivity index (χ0v) is 16.9. The van der Waals surface area contributed by atoms with Crippen molar-refractivity contribution in [3.05, 3.63) is 76.5 Å². The number of alkyl halides is 2. The normalized spacial score (nSPS) is 13.8. The van der Waals surface area contributed by atoms with E-state index in [-0.39, 0.29) is 23.0 Å². The van der Waals surface area contributed by atoms with E-state index >= 15 is 0 Å². The van der Waals surface area contributed by atoms with Gasteiger partial charge in [-0.1, -0.05) is 23.7 Å². The van der Waals surface area contributed by atoms with Crippen LogP contribution in [0, 0.1) is 0 Å². The smallest absolute Gasteiger partial charge is 0.280 e. The Morgan fingerprint density at radius 3 is 2.84 bits per heavy atom. The van der Waals surface area contributed by atoms with Crippen LogP contribution in [-0.4, -0.2) is 30.3 Å². The third-order valence-electron chi connectivity index (χ3n) is 5.05. The summed E-state index contributed by atoms with van der Waals surface area (Å²) in [7, 11) is 0. The molecule has 0 saturated heterocycles. The Balaban J connectivity index is 1.36. The van der Waals surface area contributed by atoms with E-state index in [1.807, 2.05) is 18.2 Å². The van der Waals surface area contributed by atoms with Gasteiger partial charge in [-0.05, 0) is 36.6 Å². The highest BCUT2D eigenvalue weighted by Crippen LogP contribution is 2.40. The standard InChI is InChI=1S/C21H17ClF2N6O/c22-14-3-1-2-12(6-14)10-29-11-15(9-25-29)26-21(31)17-8-19-27-16(13-4-5-13)7-18(20(23)24)30(19)28-17/h1-3,6-9,11,13,20H,4-5,10H2,(H,26,31). The van der Waals surface area contributed by atoms with E-state index < -0.39 is 12.3 Å². The van der Waals surface area contributed by atoms with E-state index in [4.69, 9.17) is 11.6 Å². The number of anilines is 1. The largest absolute Gasteiger partial charge is 0.318 e. The van der Waals surface area contributed by atoms with Crippen molar-refractivity contribution in [3.63, 3.8) is 0 Å². The maximum absolute atomic E-state index is 13.5. The van der Waals surface area contributed by atoms with Crippen molar-refractivity contribution in [3.8, 4) is 0 Å². The van der Waals surface area contributed by atoms with Crippen molar-refractivity contribution in [2.75, 3.05) is 5.32 Å². The lowest BCUT2D eigenvalue weighted by molar-refractivity contribution is 0.102. The lowest BCUT2D eigenvalue weighted by Gasteiger charge is -2.06. The Bertz CT molecular complexity index is 1280. The fourth-order valence-corrected chi connectivity index (χ4v) is 3.62. The van der Waals surface area contributed by atoms with Crippen molar-refractivity contribution < 1.29 is 13.6 Å². The van der Waals surface area contributed by atoms with Crippen LogP contribution in [0.2, 0.25) is 5.02 Å². The van der Waals surface area contributed by atoms with Crippen LogP contribution < -0.4 is 5.32 Å². The number of benzene rings is 1. The van der Waals surface area contributed by atoms with E-state index in [1.165, 1.54) is 18.3 Å². The summed E-state index contributed by atoms with van der Waals surface area (Å²) < 4.78 is 29.7. The van der Waals surface area contributed by atoms with Crippen LogP contribution in [0.1, 0.15) is 52.6 Å². The fourth-order valence-electron chi connectivity index (χ4n) is 3.40. The third kappa shape index (κ3) is 4.13. The number of rotatable bonds is 6. The second-order valence-corrected chi connectivity index (χ2v) is 7.93. The Hall–Kier alpha value is -3.33. The lowest BCUT2D eigenvalue weighted by Crippen LogP contribution is -2.12. The van der Waals surface area contributed by atoms with Gasteiger partial charge in [0.25, 0.3) is 12.3 Å². The molecule has 7 nitrogen and oxygen atoms in total. The van der Waals surface area contributed by atoms with Gasteiger partial charge >= 0.3 is 0 Å². The number of amides is 1. The molecule has 5 rings (SSSR count). The molecule has 1 N–H and O–H groups in total. The summed E-state index contributed by atoms with van der Waals surface area (Å²) in [6.07, 6.45) is 2.33. The number of fused-ring (bicyclic) bond motifs is 1. The Kier molecular flexibility index (Phi) is 4.90. The van der Waals surface area contributed by atoms with Crippen molar-refractivity contribution in [1.29, 1.82) is 0 Å². The molecule has 0 atom stereocenters. The molecule has 1 aromatic carbocycles. The Morgan fingerprint density at radius 2 is 2.10 bits per heavy atom. The number of carbonyl (C=O) groups is 1. The van der Waals surface area contributed by atoms with Crippen LogP contribution in [0.4, 0.5) is 14.5 Å². The summed E-state index contributed by atoms with van der Waals surface area (Å²) in [6.45, 7) is 0.483. The summed E-state index contributed by atoms with van der Waals surface area (Å²) in [5.41, 5.74) is 2.03. The molecule has 158 valence electrons. The van der Waals surface area contributed by atoms with Crippen LogP contribution in [-0.2, 0) is 6.54 Å². The van der Waals surface area contributed by atoms with E-state index in [1.54, 1.807) is 16.9 Å². The highest BCUT2D eigenvalue weighted by Gasteiger charge is 2.28. The average molecular weight is 443 g/mol. The molecule has 0 radical (unpaired) electrons. The number of nitrogens with zero attached hydrogens (tertiary/aromatic N) is 5. The van der Waals surface area contributed by atoms with Crippen LogP contribution in [0.5, 0.6) is 0 Å². The molecule has 10 heteroatoms. The molecular formula is C21H17ClF2N6O. The van der Waals surface area contributed by atoms with Gasteiger partial charge in [0.05, 0.1) is 18.4 Å². The minimum atomic E-state index is -2.72. The zero-order valence-electron chi connectivity index (χ0n) is 16.2. The number of halogens is 3. The minimum Gasteiger partial charge on any atom is -0.318 e. The minimum absolute atomic E-state index is 0.00457. The van der Waals surface area contributed by atoms with E-state index in [0.717, 1.165) is 22.9 Å². The summed E-state index contributed by atoms with van der Waals surface area (Å²) >= 11 is 6.00. The zero-order chi connectivity index (χ0) is 21.5. The summed E-state index contributed by atoms with van der Waals surface area (Å²) in [5, 5.41) is 11.6. The quantitative estimate of drug-likeness (QED) is 0.469. The molecule has 1 fully saturated rings. The van der Waals surface area contributed by atoms with Gasteiger partial charge in [0.15, 0.2) is 11.3 Å². The number of nitrogens with one attached hydrogen (secondary N) is 1. The molecule has 3 heterocycles. The first-order valence-corrected chi connectivity index (χ1v) is 10.1. The first-order valence-electron chi connectivity index (χ1n) is 9.73. The number of carbonyl (C=O) groups excluding carboxylic acids is 1. The van der Waals surface area contributed by atoms with Gasteiger partial charge < -0.3 is 5.32 Å². The summed E-state index contributed by atoms with van der Waals surface area (Å²) in [5.74, 6) is -0.319. The van der Waals surface area contributed by atoms with Gasteiger partial charge in [0.1, 0.15) is 5.69 Å². The molecule has 31 heavy (non-hydrogen) atoms. The highest BCUT2D eigenvalue weighted by atomic mass is 35.5. The predicted molar refractivity (Wildman–Crippen MR) is 111 cm³/mol. The Morgan fingerprint density at radius 1 is 1.26 bits per heavy atom. The van der Waals surface area contributed by atoms with E-state index in [2.05, 4.69) is 20.5 Å². The average Bonchev–Trinajstić information content (AvgIpc) is 3.35. The molecule has 0 spiro atoms. The van der Waals surface area contributed by atoms with Gasteiger partial charge in [0.2, 0.25) is 0 Å². The molecule has 0 unspecified atom stereocenters.